The standard InChI is InChI=1S/C12H25N3O3S/c1-4-14(5-2)10-8-13-12(16)11-7-6-9-15(11)19(3,17)18/h11H,4-10H2,1-3H3,(H,13,16). The SMILES string of the molecule is CCN(CC)CCNC(=O)C1CCCN1S(C)(=O)=O. The van der Waals surface area contributed by atoms with Gasteiger partial charge in [-0.05, 0) is 25.9 Å². The second kappa shape index (κ2) is 7.21. The Morgan fingerprint density at radius 3 is 2.53 bits per heavy atom. The molecule has 1 amide bonds. The fourth-order valence-corrected chi connectivity index (χ4v) is 3.52. The van der Waals surface area contributed by atoms with Gasteiger partial charge in [0.25, 0.3) is 0 Å². The normalized spacial score (nSPS) is 20.9. The Hall–Kier alpha value is -0.660. The fraction of sp³-hybridized carbons (Fsp3) is 0.917. The van der Waals surface area contributed by atoms with E-state index in [0.717, 1.165) is 32.3 Å². The van der Waals surface area contributed by atoms with Gasteiger partial charge >= 0.3 is 0 Å². The highest BCUT2D eigenvalue weighted by molar-refractivity contribution is 7.88. The van der Waals surface area contributed by atoms with Crippen LogP contribution in [0.4, 0.5) is 0 Å². The zero-order chi connectivity index (χ0) is 14.5. The van der Waals surface area contributed by atoms with Gasteiger partial charge in [-0.1, -0.05) is 13.8 Å². The zero-order valence-corrected chi connectivity index (χ0v) is 12.9. The lowest BCUT2D eigenvalue weighted by atomic mass is 10.2. The number of carbonyl (C=O) groups is 1. The van der Waals surface area contributed by atoms with Crippen LogP contribution >= 0.6 is 0 Å². The van der Waals surface area contributed by atoms with Crippen molar-refractivity contribution in [2.24, 2.45) is 0 Å². The number of nitrogens with zero attached hydrogens (tertiary/aromatic N) is 2. The summed E-state index contributed by atoms with van der Waals surface area (Å²) in [5.74, 6) is -0.171. The summed E-state index contributed by atoms with van der Waals surface area (Å²) in [5, 5.41) is 2.84. The molecule has 1 atom stereocenters. The van der Waals surface area contributed by atoms with E-state index in [1.807, 2.05) is 0 Å². The summed E-state index contributed by atoms with van der Waals surface area (Å²) in [4.78, 5) is 14.2. The van der Waals surface area contributed by atoms with Crippen LogP contribution < -0.4 is 5.32 Å². The van der Waals surface area contributed by atoms with E-state index in [2.05, 4.69) is 24.1 Å². The summed E-state index contributed by atoms with van der Waals surface area (Å²) in [6.45, 7) is 7.86. The van der Waals surface area contributed by atoms with Crippen LogP contribution in [0.2, 0.25) is 0 Å². The van der Waals surface area contributed by atoms with Crippen LogP contribution in [-0.4, -0.2) is 68.6 Å². The Labute approximate surface area is 116 Å². The quantitative estimate of drug-likeness (QED) is 0.709. The van der Waals surface area contributed by atoms with Gasteiger partial charge in [-0.3, -0.25) is 4.79 Å². The molecule has 0 spiro atoms. The molecular weight excluding hydrogens is 266 g/mol. The summed E-state index contributed by atoms with van der Waals surface area (Å²) in [6, 6.07) is -0.522. The van der Waals surface area contributed by atoms with Gasteiger partial charge in [-0.2, -0.15) is 4.31 Å². The highest BCUT2D eigenvalue weighted by atomic mass is 32.2. The van der Waals surface area contributed by atoms with Gasteiger partial charge in [-0.25, -0.2) is 8.42 Å². The predicted octanol–water partition coefficient (Wildman–Crippen LogP) is -0.132. The molecule has 7 heteroatoms. The lowest BCUT2D eigenvalue weighted by Gasteiger charge is -2.22. The van der Waals surface area contributed by atoms with Crippen molar-refractivity contribution in [1.82, 2.24) is 14.5 Å². The fourth-order valence-electron chi connectivity index (χ4n) is 2.39. The molecule has 1 aliphatic heterocycles. The number of hydrogen-bond donors (Lipinski definition) is 1. The maximum absolute atomic E-state index is 12.0. The van der Waals surface area contributed by atoms with Crippen LogP contribution in [-0.2, 0) is 14.8 Å². The van der Waals surface area contributed by atoms with Crippen molar-refractivity contribution in [1.29, 1.82) is 0 Å². The second-order valence-electron chi connectivity index (χ2n) is 4.85. The van der Waals surface area contributed by atoms with Gasteiger partial charge < -0.3 is 10.2 Å². The van der Waals surface area contributed by atoms with E-state index < -0.39 is 16.1 Å². The molecule has 0 aromatic heterocycles. The smallest absolute Gasteiger partial charge is 0.238 e. The van der Waals surface area contributed by atoms with Crippen LogP contribution in [0, 0.1) is 0 Å². The maximum Gasteiger partial charge on any atom is 0.238 e. The van der Waals surface area contributed by atoms with Gasteiger partial charge in [-0.15, -0.1) is 0 Å². The third-order valence-electron chi connectivity index (χ3n) is 3.55. The van der Waals surface area contributed by atoms with Crippen molar-refractivity contribution in [3.63, 3.8) is 0 Å². The van der Waals surface area contributed by atoms with E-state index in [0.29, 0.717) is 19.5 Å². The first kappa shape index (κ1) is 16.4. The first-order chi connectivity index (χ1) is 8.90. The van der Waals surface area contributed by atoms with Crippen LogP contribution in [0.15, 0.2) is 0 Å². The van der Waals surface area contributed by atoms with E-state index in [-0.39, 0.29) is 5.91 Å². The number of carbonyl (C=O) groups excluding carboxylic acids is 1. The lowest BCUT2D eigenvalue weighted by molar-refractivity contribution is -0.124. The average molecular weight is 291 g/mol. The summed E-state index contributed by atoms with van der Waals surface area (Å²) in [7, 11) is -3.29. The van der Waals surface area contributed by atoms with Gasteiger partial charge in [0.2, 0.25) is 15.9 Å². The summed E-state index contributed by atoms with van der Waals surface area (Å²) < 4.78 is 24.4. The summed E-state index contributed by atoms with van der Waals surface area (Å²) in [5.41, 5.74) is 0. The Balaban J connectivity index is 2.45. The molecular formula is C12H25N3O3S. The molecule has 0 aromatic rings. The Kier molecular flexibility index (Phi) is 6.22. The minimum Gasteiger partial charge on any atom is -0.353 e. The molecule has 1 heterocycles. The van der Waals surface area contributed by atoms with Crippen molar-refractivity contribution in [2.45, 2.75) is 32.7 Å². The van der Waals surface area contributed by atoms with E-state index in [1.54, 1.807) is 0 Å². The first-order valence-corrected chi connectivity index (χ1v) is 8.71. The van der Waals surface area contributed by atoms with Crippen LogP contribution in [0.1, 0.15) is 26.7 Å². The Morgan fingerprint density at radius 2 is 2.00 bits per heavy atom. The Morgan fingerprint density at radius 1 is 1.37 bits per heavy atom. The molecule has 1 aliphatic rings. The molecule has 0 bridgehead atoms. The number of rotatable bonds is 7. The third-order valence-corrected chi connectivity index (χ3v) is 4.84. The molecule has 1 unspecified atom stereocenters. The molecule has 112 valence electrons. The molecule has 1 saturated heterocycles. The van der Waals surface area contributed by atoms with Crippen LogP contribution in [0.5, 0.6) is 0 Å². The molecule has 0 radical (unpaired) electrons. The summed E-state index contributed by atoms with van der Waals surface area (Å²) in [6.07, 6.45) is 2.53. The van der Waals surface area contributed by atoms with E-state index in [4.69, 9.17) is 0 Å². The van der Waals surface area contributed by atoms with Crippen molar-refractivity contribution < 1.29 is 13.2 Å². The molecule has 0 saturated carbocycles. The van der Waals surface area contributed by atoms with E-state index >= 15 is 0 Å². The lowest BCUT2D eigenvalue weighted by Crippen LogP contribution is -2.47. The Bertz CT molecular complexity index is 393. The molecule has 0 aromatic carbocycles. The van der Waals surface area contributed by atoms with Crippen LogP contribution in [0.3, 0.4) is 0 Å². The highest BCUT2D eigenvalue weighted by Crippen LogP contribution is 2.20. The maximum atomic E-state index is 12.0. The zero-order valence-electron chi connectivity index (χ0n) is 12.1. The van der Waals surface area contributed by atoms with Crippen molar-refractivity contribution >= 4 is 15.9 Å². The molecule has 1 fully saturated rings. The van der Waals surface area contributed by atoms with E-state index in [1.165, 1.54) is 4.31 Å². The van der Waals surface area contributed by atoms with Crippen molar-refractivity contribution in [3.8, 4) is 0 Å². The van der Waals surface area contributed by atoms with Crippen molar-refractivity contribution in [2.75, 3.05) is 39.0 Å². The molecule has 6 nitrogen and oxygen atoms in total. The predicted molar refractivity (Wildman–Crippen MR) is 75.4 cm³/mol. The van der Waals surface area contributed by atoms with Crippen molar-refractivity contribution in [3.05, 3.63) is 0 Å². The van der Waals surface area contributed by atoms with Gasteiger partial charge in [0.1, 0.15) is 6.04 Å². The number of amides is 1. The van der Waals surface area contributed by atoms with Gasteiger partial charge in [0.05, 0.1) is 6.26 Å². The molecule has 1 rings (SSSR count). The third kappa shape index (κ3) is 4.74. The number of nitrogens with one attached hydrogen (secondary N) is 1. The first-order valence-electron chi connectivity index (χ1n) is 6.87. The van der Waals surface area contributed by atoms with E-state index in [9.17, 15) is 13.2 Å². The topological polar surface area (TPSA) is 69.7 Å². The monoisotopic (exact) mass is 291 g/mol. The number of hydrogen-bond acceptors (Lipinski definition) is 4. The molecule has 19 heavy (non-hydrogen) atoms. The largest absolute Gasteiger partial charge is 0.353 e. The minimum atomic E-state index is -3.29. The number of sulfonamides is 1. The molecule has 1 N–H and O–H groups in total. The van der Waals surface area contributed by atoms with Gasteiger partial charge in [0, 0.05) is 19.6 Å². The molecule has 0 aliphatic carbocycles. The second-order valence-corrected chi connectivity index (χ2v) is 6.78. The van der Waals surface area contributed by atoms with Gasteiger partial charge in [0.15, 0.2) is 0 Å². The van der Waals surface area contributed by atoms with Crippen LogP contribution in [0.25, 0.3) is 0 Å². The summed E-state index contributed by atoms with van der Waals surface area (Å²) >= 11 is 0. The average Bonchev–Trinajstić information content (AvgIpc) is 2.83. The number of likely N-dealkylation sites (N-methyl/N-ethyl adjacent to an activating group) is 1. The highest BCUT2D eigenvalue weighted by Gasteiger charge is 2.36. The minimum absolute atomic E-state index is 0.171.